The first kappa shape index (κ1) is 14.0. The van der Waals surface area contributed by atoms with E-state index in [0.29, 0.717) is 12.5 Å². The van der Waals surface area contributed by atoms with Crippen molar-refractivity contribution in [3.05, 3.63) is 30.1 Å². The molecule has 2 heterocycles. The van der Waals surface area contributed by atoms with Gasteiger partial charge < -0.3 is 10.2 Å². The van der Waals surface area contributed by atoms with E-state index in [1.807, 2.05) is 23.1 Å². The van der Waals surface area contributed by atoms with Gasteiger partial charge in [0, 0.05) is 31.0 Å². The number of nitrogens with one attached hydrogen (secondary N) is 1. The third-order valence-corrected chi connectivity index (χ3v) is 3.51. The Hall–Kier alpha value is -1.42. The van der Waals surface area contributed by atoms with Crippen LogP contribution in [-0.2, 0) is 11.2 Å². The predicted octanol–water partition coefficient (Wildman–Crippen LogP) is 1.61. The highest BCUT2D eigenvalue weighted by atomic mass is 16.2. The predicted molar refractivity (Wildman–Crippen MR) is 75.8 cm³/mol. The van der Waals surface area contributed by atoms with Crippen molar-refractivity contribution < 1.29 is 4.79 Å². The topological polar surface area (TPSA) is 45.2 Å². The van der Waals surface area contributed by atoms with E-state index in [-0.39, 0.29) is 5.91 Å². The molecular formula is C15H23N3O. The van der Waals surface area contributed by atoms with Gasteiger partial charge in [-0.05, 0) is 37.9 Å². The molecule has 19 heavy (non-hydrogen) atoms. The second-order valence-corrected chi connectivity index (χ2v) is 5.13. The highest BCUT2D eigenvalue weighted by molar-refractivity contribution is 5.78. The minimum Gasteiger partial charge on any atom is -0.341 e. The fraction of sp³-hybridized carbons (Fsp3) is 0.600. The summed E-state index contributed by atoms with van der Waals surface area (Å²) in [5, 5.41) is 3.45. The SMILES string of the molecule is CCCN(CC1CCCN1)C(=O)Cc1ccccn1. The number of carbonyl (C=O) groups excluding carboxylic acids is 1. The summed E-state index contributed by atoms with van der Waals surface area (Å²) in [4.78, 5) is 18.6. The largest absolute Gasteiger partial charge is 0.341 e. The molecule has 0 aromatic carbocycles. The zero-order valence-electron chi connectivity index (χ0n) is 11.6. The Bertz CT molecular complexity index is 388. The Balaban J connectivity index is 1.91. The molecule has 1 aromatic rings. The molecule has 0 bridgehead atoms. The molecule has 1 saturated heterocycles. The van der Waals surface area contributed by atoms with Crippen molar-refractivity contribution in [3.8, 4) is 0 Å². The van der Waals surface area contributed by atoms with Crippen molar-refractivity contribution in [2.24, 2.45) is 0 Å². The third kappa shape index (κ3) is 4.31. The van der Waals surface area contributed by atoms with Crippen molar-refractivity contribution >= 4 is 5.91 Å². The molecule has 1 fully saturated rings. The first-order valence-corrected chi connectivity index (χ1v) is 7.20. The van der Waals surface area contributed by atoms with Gasteiger partial charge in [0.25, 0.3) is 0 Å². The molecule has 4 heteroatoms. The molecule has 1 aromatic heterocycles. The maximum Gasteiger partial charge on any atom is 0.228 e. The van der Waals surface area contributed by atoms with Crippen LogP contribution in [0.25, 0.3) is 0 Å². The van der Waals surface area contributed by atoms with E-state index in [9.17, 15) is 4.79 Å². The van der Waals surface area contributed by atoms with E-state index in [1.165, 1.54) is 12.8 Å². The number of pyridine rings is 1. The zero-order valence-corrected chi connectivity index (χ0v) is 11.6. The van der Waals surface area contributed by atoms with Gasteiger partial charge in [-0.3, -0.25) is 9.78 Å². The van der Waals surface area contributed by atoms with E-state index in [0.717, 1.165) is 31.7 Å². The van der Waals surface area contributed by atoms with Crippen LogP contribution in [0.5, 0.6) is 0 Å². The van der Waals surface area contributed by atoms with Crippen LogP contribution in [0.15, 0.2) is 24.4 Å². The van der Waals surface area contributed by atoms with Gasteiger partial charge in [-0.1, -0.05) is 13.0 Å². The fourth-order valence-electron chi connectivity index (χ4n) is 2.54. The molecule has 1 atom stereocenters. The van der Waals surface area contributed by atoms with Crippen molar-refractivity contribution in [3.63, 3.8) is 0 Å². The third-order valence-electron chi connectivity index (χ3n) is 3.51. The summed E-state index contributed by atoms with van der Waals surface area (Å²) in [6.07, 6.45) is 5.55. The molecular weight excluding hydrogens is 238 g/mol. The molecule has 0 aliphatic carbocycles. The average molecular weight is 261 g/mol. The molecule has 2 rings (SSSR count). The van der Waals surface area contributed by atoms with Crippen LogP contribution in [-0.4, -0.2) is 41.5 Å². The lowest BCUT2D eigenvalue weighted by molar-refractivity contribution is -0.130. The Labute approximate surface area is 115 Å². The molecule has 1 aliphatic rings. The van der Waals surface area contributed by atoms with Crippen molar-refractivity contribution in [1.29, 1.82) is 0 Å². The van der Waals surface area contributed by atoms with Gasteiger partial charge in [-0.25, -0.2) is 0 Å². The normalized spacial score (nSPS) is 18.5. The molecule has 4 nitrogen and oxygen atoms in total. The summed E-state index contributed by atoms with van der Waals surface area (Å²) >= 11 is 0. The van der Waals surface area contributed by atoms with Crippen molar-refractivity contribution in [2.45, 2.75) is 38.6 Å². The summed E-state index contributed by atoms with van der Waals surface area (Å²) in [7, 11) is 0. The van der Waals surface area contributed by atoms with E-state index in [4.69, 9.17) is 0 Å². The number of rotatable bonds is 6. The summed E-state index contributed by atoms with van der Waals surface area (Å²) in [6.45, 7) is 4.87. The Morgan fingerprint density at radius 2 is 2.42 bits per heavy atom. The smallest absolute Gasteiger partial charge is 0.228 e. The minimum atomic E-state index is 0.189. The maximum absolute atomic E-state index is 12.3. The van der Waals surface area contributed by atoms with Gasteiger partial charge in [0.2, 0.25) is 5.91 Å². The van der Waals surface area contributed by atoms with Crippen LogP contribution in [0.1, 0.15) is 31.9 Å². The maximum atomic E-state index is 12.3. The highest BCUT2D eigenvalue weighted by Gasteiger charge is 2.21. The van der Waals surface area contributed by atoms with Crippen molar-refractivity contribution in [2.75, 3.05) is 19.6 Å². The first-order chi connectivity index (χ1) is 9.29. The molecule has 1 unspecified atom stereocenters. The number of hydrogen-bond acceptors (Lipinski definition) is 3. The van der Waals surface area contributed by atoms with E-state index < -0.39 is 0 Å². The number of nitrogens with zero attached hydrogens (tertiary/aromatic N) is 2. The monoisotopic (exact) mass is 261 g/mol. The quantitative estimate of drug-likeness (QED) is 0.846. The van der Waals surface area contributed by atoms with Gasteiger partial charge in [-0.15, -0.1) is 0 Å². The van der Waals surface area contributed by atoms with Crippen LogP contribution >= 0.6 is 0 Å². The second kappa shape index (κ2) is 7.24. The Kier molecular flexibility index (Phi) is 5.33. The van der Waals surface area contributed by atoms with Crippen LogP contribution in [0.4, 0.5) is 0 Å². The van der Waals surface area contributed by atoms with Gasteiger partial charge in [0.15, 0.2) is 0 Å². The summed E-state index contributed by atoms with van der Waals surface area (Å²) in [6, 6.07) is 6.19. The summed E-state index contributed by atoms with van der Waals surface area (Å²) in [5.41, 5.74) is 0.855. The number of amides is 1. The standard InChI is InChI=1S/C15H23N3O/c1-2-10-18(12-14-7-5-9-17-14)15(19)11-13-6-3-4-8-16-13/h3-4,6,8,14,17H,2,5,7,9-12H2,1H3. The van der Waals surface area contributed by atoms with Crippen molar-refractivity contribution in [1.82, 2.24) is 15.2 Å². The Morgan fingerprint density at radius 3 is 3.05 bits per heavy atom. The molecule has 1 aliphatic heterocycles. The van der Waals surface area contributed by atoms with Gasteiger partial charge >= 0.3 is 0 Å². The Morgan fingerprint density at radius 1 is 1.53 bits per heavy atom. The lowest BCUT2D eigenvalue weighted by atomic mass is 10.2. The molecule has 1 N–H and O–H groups in total. The van der Waals surface area contributed by atoms with Gasteiger partial charge in [0.1, 0.15) is 0 Å². The van der Waals surface area contributed by atoms with Crippen LogP contribution in [0, 0.1) is 0 Å². The van der Waals surface area contributed by atoms with E-state index in [1.54, 1.807) is 6.20 Å². The highest BCUT2D eigenvalue weighted by Crippen LogP contribution is 2.09. The first-order valence-electron chi connectivity index (χ1n) is 7.20. The second-order valence-electron chi connectivity index (χ2n) is 5.13. The number of aromatic nitrogens is 1. The molecule has 0 spiro atoms. The fourth-order valence-corrected chi connectivity index (χ4v) is 2.54. The molecule has 104 valence electrons. The molecule has 0 saturated carbocycles. The van der Waals surface area contributed by atoms with Crippen LogP contribution < -0.4 is 5.32 Å². The van der Waals surface area contributed by atoms with Crippen LogP contribution in [0.3, 0.4) is 0 Å². The number of hydrogen-bond donors (Lipinski definition) is 1. The molecule has 0 radical (unpaired) electrons. The van der Waals surface area contributed by atoms with E-state index in [2.05, 4.69) is 17.2 Å². The minimum absolute atomic E-state index is 0.189. The lowest BCUT2D eigenvalue weighted by Gasteiger charge is -2.25. The summed E-state index contributed by atoms with van der Waals surface area (Å²) in [5.74, 6) is 0.189. The van der Waals surface area contributed by atoms with Gasteiger partial charge in [0.05, 0.1) is 6.42 Å². The summed E-state index contributed by atoms with van der Waals surface area (Å²) < 4.78 is 0. The average Bonchev–Trinajstić information content (AvgIpc) is 2.92. The van der Waals surface area contributed by atoms with Crippen LogP contribution in [0.2, 0.25) is 0 Å². The molecule has 1 amide bonds. The lowest BCUT2D eigenvalue weighted by Crippen LogP contribution is -2.42. The number of carbonyl (C=O) groups is 1. The van der Waals surface area contributed by atoms with E-state index >= 15 is 0 Å². The zero-order chi connectivity index (χ0) is 13.5. The van der Waals surface area contributed by atoms with Gasteiger partial charge in [-0.2, -0.15) is 0 Å².